The first-order valence-electron chi connectivity index (χ1n) is 6.85. The smallest absolute Gasteiger partial charge is 0.241 e. The summed E-state index contributed by atoms with van der Waals surface area (Å²) >= 11 is 5.83. The molecule has 0 bridgehead atoms. The highest BCUT2D eigenvalue weighted by molar-refractivity contribution is 6.31. The summed E-state index contributed by atoms with van der Waals surface area (Å²) in [6, 6.07) is 6.87. The van der Waals surface area contributed by atoms with Gasteiger partial charge in [-0.3, -0.25) is 9.69 Å². The van der Waals surface area contributed by atoms with Gasteiger partial charge in [0.2, 0.25) is 5.91 Å². The van der Waals surface area contributed by atoms with Gasteiger partial charge in [-0.15, -0.1) is 0 Å². The Balaban J connectivity index is 2.79. The Morgan fingerprint density at radius 1 is 1.48 bits per heavy atom. The third-order valence-corrected chi connectivity index (χ3v) is 3.53. The minimum atomic E-state index is -0.353. The van der Waals surface area contributed by atoms with Crippen LogP contribution in [0.2, 0.25) is 5.02 Å². The number of halogens is 1. The zero-order chi connectivity index (χ0) is 16.0. The fourth-order valence-corrected chi connectivity index (χ4v) is 2.29. The molecule has 0 saturated heterocycles. The molecule has 0 aromatic heterocycles. The summed E-state index contributed by atoms with van der Waals surface area (Å²) in [7, 11) is 0. The lowest BCUT2D eigenvalue weighted by molar-refractivity contribution is -0.121. The van der Waals surface area contributed by atoms with Crippen LogP contribution in [-0.4, -0.2) is 29.4 Å². The molecule has 5 nitrogen and oxygen atoms in total. The Hall–Kier alpha value is -1.77. The van der Waals surface area contributed by atoms with Crippen molar-refractivity contribution < 1.29 is 4.79 Å². The molecule has 0 fully saturated rings. The molecule has 1 amide bonds. The first-order chi connectivity index (χ1) is 9.86. The number of hydrogen-bond acceptors (Lipinski definition) is 4. The monoisotopic (exact) mass is 308 g/mol. The van der Waals surface area contributed by atoms with Crippen LogP contribution >= 0.6 is 11.6 Å². The van der Waals surface area contributed by atoms with Crippen LogP contribution in [0.25, 0.3) is 0 Å². The lowest BCUT2D eigenvalue weighted by atomic mass is 10.1. The van der Waals surface area contributed by atoms with E-state index in [-0.39, 0.29) is 18.0 Å². The molecule has 0 radical (unpaired) electrons. The number of nitrogens with zero attached hydrogens (tertiary/aromatic N) is 2. The van der Waals surface area contributed by atoms with Crippen molar-refractivity contribution in [2.24, 2.45) is 0 Å². The van der Waals surface area contributed by atoms with E-state index in [1.165, 1.54) is 0 Å². The average Bonchev–Trinajstić information content (AvgIpc) is 2.41. The molecule has 0 aliphatic rings. The molecule has 0 spiro atoms. The number of nitrogen functional groups attached to an aromatic ring is 1. The van der Waals surface area contributed by atoms with Gasteiger partial charge >= 0.3 is 0 Å². The van der Waals surface area contributed by atoms with Crippen molar-refractivity contribution in [1.29, 1.82) is 5.26 Å². The third kappa shape index (κ3) is 4.92. The number of nitrogens with two attached hydrogens (primary N) is 1. The van der Waals surface area contributed by atoms with Gasteiger partial charge in [0, 0.05) is 24.0 Å². The topological polar surface area (TPSA) is 82.2 Å². The van der Waals surface area contributed by atoms with Gasteiger partial charge in [0.1, 0.15) is 0 Å². The SMILES string of the molecule is CC(C)N(CCC#N)C(C)C(=O)Nc1ccc(Cl)cc1N. The molecule has 21 heavy (non-hydrogen) atoms. The Kier molecular flexibility index (Phi) is 6.47. The lowest BCUT2D eigenvalue weighted by Crippen LogP contribution is -2.46. The van der Waals surface area contributed by atoms with Crippen molar-refractivity contribution in [3.8, 4) is 6.07 Å². The molecule has 0 aliphatic carbocycles. The first-order valence-corrected chi connectivity index (χ1v) is 7.23. The average molecular weight is 309 g/mol. The second kappa shape index (κ2) is 7.87. The van der Waals surface area contributed by atoms with E-state index in [1.807, 2.05) is 25.7 Å². The van der Waals surface area contributed by atoms with Gasteiger partial charge < -0.3 is 11.1 Å². The number of rotatable bonds is 6. The molecule has 114 valence electrons. The Bertz CT molecular complexity index is 539. The van der Waals surface area contributed by atoms with E-state index >= 15 is 0 Å². The molecular formula is C15H21ClN4O. The maximum absolute atomic E-state index is 12.3. The van der Waals surface area contributed by atoms with Gasteiger partial charge in [-0.05, 0) is 39.0 Å². The van der Waals surface area contributed by atoms with Crippen LogP contribution < -0.4 is 11.1 Å². The van der Waals surface area contributed by atoms with Gasteiger partial charge in [0.15, 0.2) is 0 Å². The van der Waals surface area contributed by atoms with Crippen molar-refractivity contribution in [3.63, 3.8) is 0 Å². The minimum absolute atomic E-state index is 0.157. The summed E-state index contributed by atoms with van der Waals surface area (Å²) in [5.74, 6) is -0.157. The van der Waals surface area contributed by atoms with Crippen molar-refractivity contribution in [2.45, 2.75) is 39.3 Å². The van der Waals surface area contributed by atoms with E-state index in [9.17, 15) is 4.79 Å². The molecule has 1 aromatic rings. The number of nitriles is 1. The number of carbonyl (C=O) groups is 1. The van der Waals surface area contributed by atoms with Gasteiger partial charge in [-0.1, -0.05) is 11.6 Å². The summed E-state index contributed by atoms with van der Waals surface area (Å²) in [6.45, 7) is 6.37. The van der Waals surface area contributed by atoms with Gasteiger partial charge in [0.25, 0.3) is 0 Å². The highest BCUT2D eigenvalue weighted by Gasteiger charge is 2.23. The summed E-state index contributed by atoms with van der Waals surface area (Å²) in [5.41, 5.74) is 6.80. The van der Waals surface area contributed by atoms with E-state index in [1.54, 1.807) is 18.2 Å². The zero-order valence-electron chi connectivity index (χ0n) is 12.6. The van der Waals surface area contributed by atoms with Crippen molar-refractivity contribution in [2.75, 3.05) is 17.6 Å². The largest absolute Gasteiger partial charge is 0.397 e. The highest BCUT2D eigenvalue weighted by atomic mass is 35.5. The quantitative estimate of drug-likeness (QED) is 0.792. The van der Waals surface area contributed by atoms with Crippen LogP contribution in [0, 0.1) is 11.3 Å². The van der Waals surface area contributed by atoms with Gasteiger partial charge in [0.05, 0.1) is 23.5 Å². The number of benzene rings is 1. The molecule has 1 aromatic carbocycles. The van der Waals surface area contributed by atoms with E-state index in [4.69, 9.17) is 22.6 Å². The van der Waals surface area contributed by atoms with E-state index < -0.39 is 0 Å². The number of hydrogen-bond donors (Lipinski definition) is 2. The molecule has 1 atom stereocenters. The maximum Gasteiger partial charge on any atom is 0.241 e. The van der Waals surface area contributed by atoms with E-state index in [0.29, 0.717) is 29.4 Å². The minimum Gasteiger partial charge on any atom is -0.397 e. The predicted octanol–water partition coefficient (Wildman–Crippen LogP) is 2.87. The summed E-state index contributed by atoms with van der Waals surface area (Å²) in [5, 5.41) is 12.0. The Morgan fingerprint density at radius 2 is 2.14 bits per heavy atom. The normalized spacial score (nSPS) is 12.2. The number of nitrogens with one attached hydrogen (secondary N) is 1. The predicted molar refractivity (Wildman–Crippen MR) is 86.0 cm³/mol. The Morgan fingerprint density at radius 3 is 2.67 bits per heavy atom. The van der Waals surface area contributed by atoms with Crippen LogP contribution in [0.1, 0.15) is 27.2 Å². The molecular weight excluding hydrogens is 288 g/mol. The molecule has 0 aliphatic heterocycles. The van der Waals surface area contributed by atoms with E-state index in [2.05, 4.69) is 11.4 Å². The maximum atomic E-state index is 12.3. The number of carbonyl (C=O) groups excluding carboxylic acids is 1. The third-order valence-electron chi connectivity index (χ3n) is 3.29. The molecule has 6 heteroatoms. The fourth-order valence-electron chi connectivity index (χ4n) is 2.11. The molecule has 0 saturated carbocycles. The lowest BCUT2D eigenvalue weighted by Gasteiger charge is -2.31. The van der Waals surface area contributed by atoms with Crippen molar-refractivity contribution >= 4 is 28.9 Å². The standard InChI is InChI=1S/C15H21ClN4O/c1-10(2)20(8-4-7-17)11(3)15(21)19-14-6-5-12(16)9-13(14)18/h5-6,9-11H,4,8,18H2,1-3H3,(H,19,21). The van der Waals surface area contributed by atoms with Crippen LogP contribution in [0.4, 0.5) is 11.4 Å². The van der Waals surface area contributed by atoms with Crippen LogP contribution in [-0.2, 0) is 4.79 Å². The van der Waals surface area contributed by atoms with Crippen molar-refractivity contribution in [3.05, 3.63) is 23.2 Å². The second-order valence-electron chi connectivity index (χ2n) is 5.14. The zero-order valence-corrected chi connectivity index (χ0v) is 13.3. The van der Waals surface area contributed by atoms with Gasteiger partial charge in [-0.25, -0.2) is 0 Å². The molecule has 1 unspecified atom stereocenters. The molecule has 0 heterocycles. The second-order valence-corrected chi connectivity index (χ2v) is 5.57. The fraction of sp³-hybridized carbons (Fsp3) is 0.467. The van der Waals surface area contributed by atoms with Crippen LogP contribution in [0.15, 0.2) is 18.2 Å². The number of anilines is 2. The van der Waals surface area contributed by atoms with Crippen LogP contribution in [0.3, 0.4) is 0 Å². The number of amides is 1. The van der Waals surface area contributed by atoms with Crippen LogP contribution in [0.5, 0.6) is 0 Å². The molecule has 1 rings (SSSR count). The summed E-state index contributed by atoms with van der Waals surface area (Å²) < 4.78 is 0. The Labute approximate surface area is 130 Å². The first kappa shape index (κ1) is 17.3. The van der Waals surface area contributed by atoms with Crippen molar-refractivity contribution in [1.82, 2.24) is 4.90 Å². The summed E-state index contributed by atoms with van der Waals surface area (Å²) in [6.07, 6.45) is 0.388. The summed E-state index contributed by atoms with van der Waals surface area (Å²) in [4.78, 5) is 14.3. The molecule has 3 N–H and O–H groups in total. The van der Waals surface area contributed by atoms with E-state index in [0.717, 1.165) is 0 Å². The van der Waals surface area contributed by atoms with Gasteiger partial charge in [-0.2, -0.15) is 5.26 Å². The highest BCUT2D eigenvalue weighted by Crippen LogP contribution is 2.23.